The lowest BCUT2D eigenvalue weighted by Crippen LogP contribution is -2.38. The average Bonchev–Trinajstić information content (AvgIpc) is 2.52. The Hall–Kier alpha value is -2.11. The Labute approximate surface area is 138 Å². The summed E-state index contributed by atoms with van der Waals surface area (Å²) in [5.41, 5.74) is 1.28. The van der Waals surface area contributed by atoms with Gasteiger partial charge in [-0.1, -0.05) is 26.0 Å². The maximum Gasteiger partial charge on any atom is 0.269 e. The lowest BCUT2D eigenvalue weighted by molar-refractivity contribution is -0.384. The van der Waals surface area contributed by atoms with E-state index in [0.29, 0.717) is 5.92 Å². The van der Waals surface area contributed by atoms with Gasteiger partial charge in [-0.2, -0.15) is 0 Å². The summed E-state index contributed by atoms with van der Waals surface area (Å²) in [6.07, 6.45) is 3.00. The van der Waals surface area contributed by atoms with Gasteiger partial charge in [0.05, 0.1) is 4.92 Å². The van der Waals surface area contributed by atoms with Gasteiger partial charge in [-0.3, -0.25) is 15.1 Å². The largest absolute Gasteiger partial charge is 0.357 e. The fourth-order valence-electron chi connectivity index (χ4n) is 2.06. The summed E-state index contributed by atoms with van der Waals surface area (Å²) in [5.74, 6) is 1.42. The van der Waals surface area contributed by atoms with E-state index in [0.717, 1.165) is 50.4 Å². The SMILES string of the molecule is CCNC(=NCC(C)C)NCCCCc1ccc([N+](=O)[O-])cc1. The number of hydrogen-bond acceptors (Lipinski definition) is 3. The van der Waals surface area contributed by atoms with Gasteiger partial charge in [0.2, 0.25) is 0 Å². The number of aryl methyl sites for hydroxylation is 1. The molecule has 1 rings (SSSR count). The molecule has 0 amide bonds. The van der Waals surface area contributed by atoms with E-state index in [1.807, 2.05) is 12.1 Å². The molecule has 0 aliphatic carbocycles. The van der Waals surface area contributed by atoms with Crippen molar-refractivity contribution in [3.63, 3.8) is 0 Å². The average molecular weight is 320 g/mol. The van der Waals surface area contributed by atoms with E-state index in [9.17, 15) is 10.1 Å². The Morgan fingerprint density at radius 1 is 1.22 bits per heavy atom. The van der Waals surface area contributed by atoms with E-state index < -0.39 is 0 Å². The van der Waals surface area contributed by atoms with Gasteiger partial charge in [0.25, 0.3) is 5.69 Å². The Kier molecular flexibility index (Phi) is 8.72. The number of nitrogens with zero attached hydrogens (tertiary/aromatic N) is 2. The van der Waals surface area contributed by atoms with Gasteiger partial charge in [-0.05, 0) is 37.7 Å². The normalized spacial score (nSPS) is 11.6. The smallest absolute Gasteiger partial charge is 0.269 e. The van der Waals surface area contributed by atoms with Gasteiger partial charge in [-0.15, -0.1) is 0 Å². The van der Waals surface area contributed by atoms with E-state index in [1.165, 1.54) is 0 Å². The van der Waals surface area contributed by atoms with Crippen LogP contribution in [0.2, 0.25) is 0 Å². The Bertz CT molecular complexity index is 498. The number of guanidine groups is 1. The van der Waals surface area contributed by atoms with Crippen molar-refractivity contribution in [2.45, 2.75) is 40.0 Å². The molecule has 0 unspecified atom stereocenters. The number of nitrogens with one attached hydrogen (secondary N) is 2. The maximum atomic E-state index is 10.6. The third-order valence-electron chi connectivity index (χ3n) is 3.29. The quantitative estimate of drug-likeness (QED) is 0.241. The molecule has 0 aliphatic rings. The van der Waals surface area contributed by atoms with Crippen molar-refractivity contribution in [1.82, 2.24) is 10.6 Å². The Morgan fingerprint density at radius 2 is 1.91 bits per heavy atom. The minimum Gasteiger partial charge on any atom is -0.357 e. The molecule has 0 heterocycles. The van der Waals surface area contributed by atoms with Gasteiger partial charge in [-0.25, -0.2) is 0 Å². The number of rotatable bonds is 9. The number of nitro benzene ring substituents is 1. The zero-order chi connectivity index (χ0) is 17.1. The molecule has 0 fully saturated rings. The molecule has 0 saturated heterocycles. The van der Waals surface area contributed by atoms with Crippen LogP contribution in [0.5, 0.6) is 0 Å². The number of aliphatic imine (C=N–C) groups is 1. The van der Waals surface area contributed by atoms with Crippen molar-refractivity contribution in [3.8, 4) is 0 Å². The van der Waals surface area contributed by atoms with Gasteiger partial charge >= 0.3 is 0 Å². The lowest BCUT2D eigenvalue weighted by atomic mass is 10.1. The molecule has 23 heavy (non-hydrogen) atoms. The topological polar surface area (TPSA) is 79.6 Å². The second-order valence-electron chi connectivity index (χ2n) is 5.92. The third-order valence-corrected chi connectivity index (χ3v) is 3.29. The summed E-state index contributed by atoms with van der Waals surface area (Å²) < 4.78 is 0. The number of non-ortho nitro benzene ring substituents is 1. The number of nitro groups is 1. The highest BCUT2D eigenvalue weighted by Gasteiger charge is 2.03. The molecule has 0 aromatic heterocycles. The zero-order valence-electron chi connectivity index (χ0n) is 14.3. The van der Waals surface area contributed by atoms with Crippen LogP contribution in [0, 0.1) is 16.0 Å². The summed E-state index contributed by atoms with van der Waals surface area (Å²) in [5, 5.41) is 17.2. The first-order valence-corrected chi connectivity index (χ1v) is 8.28. The van der Waals surface area contributed by atoms with Crippen molar-refractivity contribution < 1.29 is 4.92 Å². The molecule has 1 aromatic carbocycles. The van der Waals surface area contributed by atoms with Crippen molar-refractivity contribution in [2.24, 2.45) is 10.9 Å². The molecule has 0 bridgehead atoms. The molecule has 0 radical (unpaired) electrons. The highest BCUT2D eigenvalue weighted by atomic mass is 16.6. The van der Waals surface area contributed by atoms with Crippen LogP contribution in [0.3, 0.4) is 0 Å². The van der Waals surface area contributed by atoms with E-state index in [2.05, 4.69) is 36.4 Å². The fraction of sp³-hybridized carbons (Fsp3) is 0.588. The van der Waals surface area contributed by atoms with Crippen molar-refractivity contribution >= 4 is 11.6 Å². The predicted octanol–water partition coefficient (Wildman–Crippen LogP) is 3.13. The molecular weight excluding hydrogens is 292 g/mol. The minimum absolute atomic E-state index is 0.145. The molecule has 0 spiro atoms. The van der Waals surface area contributed by atoms with E-state index in [1.54, 1.807) is 12.1 Å². The summed E-state index contributed by atoms with van der Waals surface area (Å²) in [6.45, 7) is 8.90. The maximum absolute atomic E-state index is 10.6. The van der Waals surface area contributed by atoms with Crippen LogP contribution in [0.15, 0.2) is 29.3 Å². The standard InChI is InChI=1S/C17H28N4O2/c1-4-18-17(20-13-14(2)3)19-12-6-5-7-15-8-10-16(11-9-15)21(22)23/h8-11,14H,4-7,12-13H2,1-3H3,(H2,18,19,20). The summed E-state index contributed by atoms with van der Waals surface area (Å²) in [4.78, 5) is 14.8. The highest BCUT2D eigenvalue weighted by Crippen LogP contribution is 2.13. The lowest BCUT2D eigenvalue weighted by Gasteiger charge is -2.12. The fourth-order valence-corrected chi connectivity index (χ4v) is 2.06. The van der Waals surface area contributed by atoms with Crippen LogP contribution in [-0.2, 0) is 6.42 Å². The molecule has 6 heteroatoms. The van der Waals surface area contributed by atoms with E-state index >= 15 is 0 Å². The first kappa shape index (κ1) is 18.9. The van der Waals surface area contributed by atoms with E-state index in [4.69, 9.17) is 0 Å². The number of hydrogen-bond donors (Lipinski definition) is 2. The third kappa shape index (κ3) is 8.18. The summed E-state index contributed by atoms with van der Waals surface area (Å²) >= 11 is 0. The van der Waals surface area contributed by atoms with Gasteiger partial charge < -0.3 is 10.6 Å². The Morgan fingerprint density at radius 3 is 2.48 bits per heavy atom. The molecule has 1 aromatic rings. The molecular formula is C17H28N4O2. The molecule has 2 N–H and O–H groups in total. The first-order valence-electron chi connectivity index (χ1n) is 8.28. The number of unbranched alkanes of at least 4 members (excludes halogenated alkanes) is 1. The van der Waals surface area contributed by atoms with Gasteiger partial charge in [0.15, 0.2) is 5.96 Å². The second kappa shape index (κ2) is 10.6. The Balaban J connectivity index is 2.27. The molecule has 6 nitrogen and oxygen atoms in total. The van der Waals surface area contributed by atoms with Crippen LogP contribution in [-0.4, -0.2) is 30.5 Å². The van der Waals surface area contributed by atoms with Crippen LogP contribution in [0.25, 0.3) is 0 Å². The van der Waals surface area contributed by atoms with E-state index in [-0.39, 0.29) is 10.6 Å². The zero-order valence-corrected chi connectivity index (χ0v) is 14.3. The molecule has 0 saturated carbocycles. The van der Waals surface area contributed by atoms with Crippen molar-refractivity contribution in [1.29, 1.82) is 0 Å². The summed E-state index contributed by atoms with van der Waals surface area (Å²) in [6, 6.07) is 6.80. The molecule has 0 atom stereocenters. The highest BCUT2D eigenvalue weighted by molar-refractivity contribution is 5.79. The van der Waals surface area contributed by atoms with Gasteiger partial charge in [0, 0.05) is 31.8 Å². The second-order valence-corrected chi connectivity index (χ2v) is 5.92. The van der Waals surface area contributed by atoms with Crippen LogP contribution in [0.1, 0.15) is 39.2 Å². The predicted molar refractivity (Wildman–Crippen MR) is 94.9 cm³/mol. The van der Waals surface area contributed by atoms with Crippen molar-refractivity contribution in [2.75, 3.05) is 19.6 Å². The van der Waals surface area contributed by atoms with Crippen LogP contribution < -0.4 is 10.6 Å². The molecule has 0 aliphatic heterocycles. The van der Waals surface area contributed by atoms with Crippen LogP contribution in [0.4, 0.5) is 5.69 Å². The van der Waals surface area contributed by atoms with Gasteiger partial charge in [0.1, 0.15) is 0 Å². The van der Waals surface area contributed by atoms with Crippen molar-refractivity contribution in [3.05, 3.63) is 39.9 Å². The number of benzene rings is 1. The molecule has 128 valence electrons. The monoisotopic (exact) mass is 320 g/mol. The van der Waals surface area contributed by atoms with Crippen LogP contribution >= 0.6 is 0 Å². The summed E-state index contributed by atoms with van der Waals surface area (Å²) in [7, 11) is 0. The first-order chi connectivity index (χ1) is 11.0. The minimum atomic E-state index is -0.369.